The van der Waals surface area contributed by atoms with Gasteiger partial charge in [-0.1, -0.05) is 42.5 Å². The first-order valence-corrected chi connectivity index (χ1v) is 6.63. The zero-order chi connectivity index (χ0) is 13.9. The second kappa shape index (κ2) is 5.21. The Labute approximate surface area is 118 Å². The number of carbonyl (C=O) groups excluding carboxylic acids is 1. The van der Waals surface area contributed by atoms with Crippen molar-refractivity contribution in [2.45, 2.75) is 13.5 Å². The maximum Gasteiger partial charge on any atom is 0.326 e. The van der Waals surface area contributed by atoms with E-state index in [4.69, 9.17) is 0 Å². The Bertz CT molecular complexity index is 676. The van der Waals surface area contributed by atoms with Crippen LogP contribution >= 0.6 is 0 Å². The van der Waals surface area contributed by atoms with Crippen LogP contribution in [-0.4, -0.2) is 10.9 Å². The smallest absolute Gasteiger partial charge is 0.307 e. The van der Waals surface area contributed by atoms with Crippen LogP contribution < -0.4 is 5.32 Å². The van der Waals surface area contributed by atoms with Crippen LogP contribution in [0, 0.1) is 6.92 Å². The van der Waals surface area contributed by atoms with Crippen molar-refractivity contribution in [1.29, 1.82) is 0 Å². The number of anilines is 1. The average Bonchev–Trinajstić information content (AvgIpc) is 2.49. The van der Waals surface area contributed by atoms with E-state index in [1.54, 1.807) is 4.90 Å². The van der Waals surface area contributed by atoms with Crippen LogP contribution in [0.1, 0.15) is 16.7 Å². The Morgan fingerprint density at radius 3 is 2.70 bits per heavy atom. The van der Waals surface area contributed by atoms with Crippen molar-refractivity contribution in [2.75, 3.05) is 5.32 Å². The lowest BCUT2D eigenvalue weighted by Crippen LogP contribution is -2.31. The normalized spacial score (nSPS) is 12.9. The summed E-state index contributed by atoms with van der Waals surface area (Å²) < 4.78 is 0. The molecule has 2 aromatic rings. The third-order valence-corrected chi connectivity index (χ3v) is 3.48. The lowest BCUT2D eigenvalue weighted by Gasteiger charge is -2.24. The zero-order valence-corrected chi connectivity index (χ0v) is 11.3. The number of nitrogens with one attached hydrogen (secondary N) is 1. The van der Waals surface area contributed by atoms with E-state index in [9.17, 15) is 4.79 Å². The van der Waals surface area contributed by atoms with Gasteiger partial charge in [-0.3, -0.25) is 4.90 Å². The summed E-state index contributed by atoms with van der Waals surface area (Å²) in [5.74, 6) is 0. The van der Waals surface area contributed by atoms with Crippen LogP contribution in [0.4, 0.5) is 10.5 Å². The Kier molecular flexibility index (Phi) is 3.25. The van der Waals surface area contributed by atoms with Crippen LogP contribution in [0.15, 0.2) is 54.7 Å². The molecular weight excluding hydrogens is 248 g/mol. The van der Waals surface area contributed by atoms with Crippen molar-refractivity contribution < 1.29 is 4.79 Å². The summed E-state index contributed by atoms with van der Waals surface area (Å²) in [4.78, 5) is 14.0. The highest BCUT2D eigenvalue weighted by Gasteiger charge is 2.16. The summed E-state index contributed by atoms with van der Waals surface area (Å²) >= 11 is 0. The average molecular weight is 264 g/mol. The van der Waals surface area contributed by atoms with Crippen molar-refractivity contribution >= 4 is 17.8 Å². The number of amides is 2. The van der Waals surface area contributed by atoms with E-state index in [0.717, 1.165) is 16.8 Å². The molecule has 3 heteroatoms. The second-order valence-electron chi connectivity index (χ2n) is 4.89. The monoisotopic (exact) mass is 264 g/mol. The molecule has 3 rings (SSSR count). The molecule has 2 aromatic carbocycles. The van der Waals surface area contributed by atoms with Gasteiger partial charge in [0, 0.05) is 11.9 Å². The standard InChI is InChI=1S/C17H16N2O/c1-13-6-2-5-9-16(13)18-17(20)19-11-10-14-7-3-4-8-15(14)12-19/h2-11H,12H2,1H3,(H,18,20). The fraction of sp³-hybridized carbons (Fsp3) is 0.118. The molecule has 0 unspecified atom stereocenters. The fourth-order valence-electron chi connectivity index (χ4n) is 2.29. The van der Waals surface area contributed by atoms with E-state index >= 15 is 0 Å². The molecule has 1 aliphatic rings. The zero-order valence-electron chi connectivity index (χ0n) is 11.3. The number of nitrogens with zero attached hydrogens (tertiary/aromatic N) is 1. The van der Waals surface area contributed by atoms with Gasteiger partial charge in [0.2, 0.25) is 0 Å². The predicted molar refractivity (Wildman–Crippen MR) is 81.2 cm³/mol. The molecule has 3 nitrogen and oxygen atoms in total. The third-order valence-electron chi connectivity index (χ3n) is 3.48. The molecule has 0 saturated carbocycles. The van der Waals surface area contributed by atoms with Crippen LogP contribution in [0.5, 0.6) is 0 Å². The molecule has 100 valence electrons. The van der Waals surface area contributed by atoms with Crippen LogP contribution in [0.2, 0.25) is 0 Å². The molecule has 0 fully saturated rings. The molecule has 0 saturated heterocycles. The highest BCUT2D eigenvalue weighted by Crippen LogP contribution is 2.21. The molecule has 1 aliphatic heterocycles. The van der Waals surface area contributed by atoms with Gasteiger partial charge < -0.3 is 5.32 Å². The summed E-state index contributed by atoms with van der Waals surface area (Å²) in [5.41, 5.74) is 4.24. The van der Waals surface area contributed by atoms with Crippen molar-refractivity contribution in [3.8, 4) is 0 Å². The van der Waals surface area contributed by atoms with Gasteiger partial charge in [-0.2, -0.15) is 0 Å². The van der Waals surface area contributed by atoms with Crippen LogP contribution in [0.25, 0.3) is 6.08 Å². The van der Waals surface area contributed by atoms with E-state index in [1.807, 2.05) is 61.7 Å². The molecule has 0 radical (unpaired) electrons. The number of benzene rings is 2. The number of hydrogen-bond donors (Lipinski definition) is 1. The Morgan fingerprint density at radius 1 is 1.10 bits per heavy atom. The highest BCUT2D eigenvalue weighted by atomic mass is 16.2. The predicted octanol–water partition coefficient (Wildman–Crippen LogP) is 4.01. The van der Waals surface area contributed by atoms with E-state index in [-0.39, 0.29) is 6.03 Å². The van der Waals surface area contributed by atoms with Gasteiger partial charge in [0.05, 0.1) is 6.54 Å². The third kappa shape index (κ3) is 2.43. The summed E-state index contributed by atoms with van der Waals surface area (Å²) in [7, 11) is 0. The summed E-state index contributed by atoms with van der Waals surface area (Å²) in [6.45, 7) is 2.58. The lowest BCUT2D eigenvalue weighted by molar-refractivity contribution is 0.227. The van der Waals surface area contributed by atoms with Gasteiger partial charge in [-0.25, -0.2) is 4.79 Å². The van der Waals surface area contributed by atoms with Gasteiger partial charge in [0.15, 0.2) is 0 Å². The fourth-order valence-corrected chi connectivity index (χ4v) is 2.29. The molecule has 0 spiro atoms. The van der Waals surface area contributed by atoms with Gasteiger partial charge >= 0.3 is 6.03 Å². The highest BCUT2D eigenvalue weighted by molar-refractivity contribution is 5.91. The Hall–Kier alpha value is -2.55. The first-order chi connectivity index (χ1) is 9.74. The molecule has 2 amide bonds. The quantitative estimate of drug-likeness (QED) is 0.829. The van der Waals surface area contributed by atoms with Gasteiger partial charge in [0.25, 0.3) is 0 Å². The van der Waals surface area contributed by atoms with Crippen molar-refractivity contribution in [2.24, 2.45) is 0 Å². The SMILES string of the molecule is Cc1ccccc1NC(=O)N1C=Cc2ccccc2C1. The minimum Gasteiger partial charge on any atom is -0.307 e. The maximum absolute atomic E-state index is 12.3. The number of para-hydroxylation sites is 1. The Morgan fingerprint density at radius 2 is 1.85 bits per heavy atom. The van der Waals surface area contributed by atoms with Crippen molar-refractivity contribution in [3.63, 3.8) is 0 Å². The van der Waals surface area contributed by atoms with E-state index in [0.29, 0.717) is 6.54 Å². The molecule has 0 atom stereocenters. The molecular formula is C17H16N2O. The minimum absolute atomic E-state index is 0.106. The van der Waals surface area contributed by atoms with E-state index in [1.165, 1.54) is 5.56 Å². The second-order valence-corrected chi connectivity index (χ2v) is 4.89. The number of fused-ring (bicyclic) bond motifs is 1. The maximum atomic E-state index is 12.3. The molecule has 0 bridgehead atoms. The number of carbonyl (C=O) groups is 1. The summed E-state index contributed by atoms with van der Waals surface area (Å²) in [6.07, 6.45) is 3.80. The molecule has 1 heterocycles. The summed E-state index contributed by atoms with van der Waals surface area (Å²) in [5, 5.41) is 2.95. The van der Waals surface area contributed by atoms with Gasteiger partial charge in [0.1, 0.15) is 0 Å². The van der Waals surface area contributed by atoms with Gasteiger partial charge in [-0.05, 0) is 35.8 Å². The first kappa shape index (κ1) is 12.5. The number of aryl methyl sites for hydroxylation is 1. The number of hydrogen-bond acceptors (Lipinski definition) is 1. The molecule has 0 aliphatic carbocycles. The van der Waals surface area contributed by atoms with Gasteiger partial charge in [-0.15, -0.1) is 0 Å². The minimum atomic E-state index is -0.106. The van der Waals surface area contributed by atoms with Crippen molar-refractivity contribution in [3.05, 3.63) is 71.4 Å². The van der Waals surface area contributed by atoms with Crippen LogP contribution in [0.3, 0.4) is 0 Å². The molecule has 0 aromatic heterocycles. The number of urea groups is 1. The Balaban J connectivity index is 1.76. The lowest BCUT2D eigenvalue weighted by atomic mass is 10.0. The number of rotatable bonds is 1. The first-order valence-electron chi connectivity index (χ1n) is 6.63. The van der Waals surface area contributed by atoms with E-state index in [2.05, 4.69) is 11.4 Å². The van der Waals surface area contributed by atoms with Crippen molar-refractivity contribution in [1.82, 2.24) is 4.90 Å². The van der Waals surface area contributed by atoms with E-state index < -0.39 is 0 Å². The summed E-state index contributed by atoms with van der Waals surface area (Å²) in [6, 6.07) is 15.8. The molecule has 1 N–H and O–H groups in total. The van der Waals surface area contributed by atoms with Crippen LogP contribution in [-0.2, 0) is 6.54 Å². The largest absolute Gasteiger partial charge is 0.326 e. The molecule has 20 heavy (non-hydrogen) atoms. The topological polar surface area (TPSA) is 32.3 Å².